The number of nitrogens with zero attached hydrogens (tertiary/aromatic N) is 2. The highest BCUT2D eigenvalue weighted by atomic mass is 35.5. The molecule has 2 rings (SSSR count). The minimum Gasteiger partial charge on any atom is -0.434 e. The molecule has 1 aromatic carbocycles. The standard InChI is InChI=1S/C11H10ClF2N3O2/c12-8-1-2-9(19-11(13)14)7(3-8)4-15-5-10-16-6-18-17-10/h1-3,6,11,15H,4-5H2. The van der Waals surface area contributed by atoms with Crippen molar-refractivity contribution in [1.82, 2.24) is 15.5 Å². The van der Waals surface area contributed by atoms with Crippen LogP contribution in [0.2, 0.25) is 5.02 Å². The molecule has 0 bridgehead atoms. The normalized spacial score (nSPS) is 10.9. The molecule has 0 aliphatic heterocycles. The van der Waals surface area contributed by atoms with Crippen LogP contribution in [-0.2, 0) is 13.1 Å². The molecule has 0 spiro atoms. The smallest absolute Gasteiger partial charge is 0.387 e. The molecule has 2 aromatic rings. The molecule has 0 aliphatic carbocycles. The summed E-state index contributed by atoms with van der Waals surface area (Å²) in [6.45, 7) is -2.24. The van der Waals surface area contributed by atoms with E-state index in [0.29, 0.717) is 23.0 Å². The second-order valence-corrected chi connectivity index (χ2v) is 4.02. The third kappa shape index (κ3) is 4.15. The van der Waals surface area contributed by atoms with E-state index in [1.165, 1.54) is 18.5 Å². The zero-order valence-corrected chi connectivity index (χ0v) is 10.4. The monoisotopic (exact) mass is 289 g/mol. The van der Waals surface area contributed by atoms with Crippen molar-refractivity contribution in [3.8, 4) is 5.75 Å². The van der Waals surface area contributed by atoms with Gasteiger partial charge in [-0.1, -0.05) is 16.8 Å². The molecule has 0 saturated carbocycles. The molecule has 5 nitrogen and oxygen atoms in total. The Labute approximate surface area is 112 Å². The molecule has 0 fully saturated rings. The molecule has 102 valence electrons. The molecule has 1 aromatic heterocycles. The van der Waals surface area contributed by atoms with Crippen LogP contribution in [0.5, 0.6) is 5.75 Å². The van der Waals surface area contributed by atoms with Gasteiger partial charge in [0.15, 0.2) is 5.82 Å². The van der Waals surface area contributed by atoms with Gasteiger partial charge in [-0.15, -0.1) is 0 Å². The van der Waals surface area contributed by atoms with E-state index in [1.54, 1.807) is 6.07 Å². The Kier molecular flexibility index (Phi) is 4.64. The summed E-state index contributed by atoms with van der Waals surface area (Å²) in [7, 11) is 0. The maximum atomic E-state index is 12.2. The highest BCUT2D eigenvalue weighted by molar-refractivity contribution is 6.30. The van der Waals surface area contributed by atoms with E-state index in [2.05, 4.69) is 24.7 Å². The number of nitrogens with one attached hydrogen (secondary N) is 1. The van der Waals surface area contributed by atoms with Crippen molar-refractivity contribution < 1.29 is 18.0 Å². The van der Waals surface area contributed by atoms with E-state index in [0.717, 1.165) is 0 Å². The van der Waals surface area contributed by atoms with E-state index < -0.39 is 6.61 Å². The van der Waals surface area contributed by atoms with Crippen LogP contribution in [0.15, 0.2) is 29.1 Å². The number of aromatic nitrogens is 2. The van der Waals surface area contributed by atoms with E-state index in [-0.39, 0.29) is 12.3 Å². The largest absolute Gasteiger partial charge is 0.434 e. The molecule has 0 amide bonds. The predicted molar refractivity (Wildman–Crippen MR) is 62.9 cm³/mol. The highest BCUT2D eigenvalue weighted by Crippen LogP contribution is 2.24. The maximum absolute atomic E-state index is 12.2. The van der Waals surface area contributed by atoms with Crippen molar-refractivity contribution in [3.63, 3.8) is 0 Å². The van der Waals surface area contributed by atoms with Crippen molar-refractivity contribution in [1.29, 1.82) is 0 Å². The lowest BCUT2D eigenvalue weighted by molar-refractivity contribution is -0.0505. The summed E-state index contributed by atoms with van der Waals surface area (Å²) < 4.78 is 33.5. The van der Waals surface area contributed by atoms with Crippen LogP contribution in [0, 0.1) is 0 Å². The van der Waals surface area contributed by atoms with Gasteiger partial charge in [-0.05, 0) is 18.2 Å². The van der Waals surface area contributed by atoms with Gasteiger partial charge in [0, 0.05) is 17.1 Å². The molecule has 19 heavy (non-hydrogen) atoms. The Morgan fingerprint density at radius 3 is 2.89 bits per heavy atom. The first-order chi connectivity index (χ1) is 9.15. The fourth-order valence-corrected chi connectivity index (χ4v) is 1.67. The molecule has 0 radical (unpaired) electrons. The number of benzene rings is 1. The minimum absolute atomic E-state index is 0.0833. The first-order valence-electron chi connectivity index (χ1n) is 5.34. The van der Waals surface area contributed by atoms with E-state index >= 15 is 0 Å². The molecule has 0 unspecified atom stereocenters. The average molecular weight is 290 g/mol. The second-order valence-electron chi connectivity index (χ2n) is 3.58. The molecular formula is C11H10ClF2N3O2. The highest BCUT2D eigenvalue weighted by Gasteiger charge is 2.10. The Balaban J connectivity index is 1.99. The molecule has 0 aliphatic rings. The van der Waals surface area contributed by atoms with Gasteiger partial charge in [0.05, 0.1) is 6.54 Å². The Hall–Kier alpha value is -1.73. The van der Waals surface area contributed by atoms with E-state index in [9.17, 15) is 8.78 Å². The summed E-state index contributed by atoms with van der Waals surface area (Å²) in [5, 5.41) is 7.03. The molecule has 8 heteroatoms. The minimum atomic E-state index is -2.88. The van der Waals surface area contributed by atoms with Crippen molar-refractivity contribution in [3.05, 3.63) is 41.0 Å². The number of ether oxygens (including phenoxy) is 1. The van der Waals surface area contributed by atoms with Gasteiger partial charge >= 0.3 is 6.61 Å². The number of hydrogen-bond acceptors (Lipinski definition) is 5. The summed E-state index contributed by atoms with van der Waals surface area (Å²) in [5.41, 5.74) is 0.524. The van der Waals surface area contributed by atoms with Crippen molar-refractivity contribution >= 4 is 11.6 Å². The van der Waals surface area contributed by atoms with Gasteiger partial charge in [0.25, 0.3) is 0 Å². The Morgan fingerprint density at radius 1 is 1.37 bits per heavy atom. The quantitative estimate of drug-likeness (QED) is 0.886. The maximum Gasteiger partial charge on any atom is 0.387 e. The van der Waals surface area contributed by atoms with Gasteiger partial charge in [0.1, 0.15) is 5.75 Å². The van der Waals surface area contributed by atoms with Crippen LogP contribution >= 0.6 is 11.6 Å². The summed E-state index contributed by atoms with van der Waals surface area (Å²) in [6.07, 6.45) is 1.21. The molecule has 0 saturated heterocycles. The Bertz CT molecular complexity index is 523. The van der Waals surface area contributed by atoms with Crippen molar-refractivity contribution in [2.24, 2.45) is 0 Å². The fraction of sp³-hybridized carbons (Fsp3) is 0.273. The first kappa shape index (κ1) is 13.7. The molecule has 1 heterocycles. The summed E-state index contributed by atoms with van der Waals surface area (Å²) in [6, 6.07) is 4.45. The number of alkyl halides is 2. The van der Waals surface area contributed by atoms with Crippen LogP contribution in [0.3, 0.4) is 0 Å². The number of hydrogen-bond donors (Lipinski definition) is 1. The van der Waals surface area contributed by atoms with Crippen molar-refractivity contribution in [2.75, 3.05) is 0 Å². The zero-order chi connectivity index (χ0) is 13.7. The lowest BCUT2D eigenvalue weighted by Gasteiger charge is -2.11. The first-order valence-corrected chi connectivity index (χ1v) is 5.72. The van der Waals surface area contributed by atoms with Crippen LogP contribution in [0.1, 0.15) is 11.4 Å². The van der Waals surface area contributed by atoms with Gasteiger partial charge in [-0.25, -0.2) is 0 Å². The Morgan fingerprint density at radius 2 is 2.21 bits per heavy atom. The summed E-state index contributed by atoms with van der Waals surface area (Å²) in [5.74, 6) is 0.554. The van der Waals surface area contributed by atoms with Gasteiger partial charge < -0.3 is 14.6 Å². The lowest BCUT2D eigenvalue weighted by Crippen LogP contribution is -2.15. The predicted octanol–water partition coefficient (Wildman–Crippen LogP) is 2.61. The summed E-state index contributed by atoms with van der Waals surface area (Å²) >= 11 is 5.82. The van der Waals surface area contributed by atoms with E-state index in [4.69, 9.17) is 11.6 Å². The summed E-state index contributed by atoms with van der Waals surface area (Å²) in [4.78, 5) is 3.82. The number of rotatable bonds is 6. The van der Waals surface area contributed by atoms with Crippen LogP contribution in [-0.4, -0.2) is 16.8 Å². The van der Waals surface area contributed by atoms with Gasteiger partial charge in [-0.2, -0.15) is 13.8 Å². The van der Waals surface area contributed by atoms with Gasteiger partial charge in [0.2, 0.25) is 6.39 Å². The van der Waals surface area contributed by atoms with Crippen molar-refractivity contribution in [2.45, 2.75) is 19.7 Å². The average Bonchev–Trinajstić information content (AvgIpc) is 2.85. The third-order valence-electron chi connectivity index (χ3n) is 2.24. The van der Waals surface area contributed by atoms with Crippen LogP contribution in [0.4, 0.5) is 8.78 Å². The molecule has 1 N–H and O–H groups in total. The van der Waals surface area contributed by atoms with E-state index in [1.807, 2.05) is 0 Å². The zero-order valence-electron chi connectivity index (χ0n) is 9.65. The third-order valence-corrected chi connectivity index (χ3v) is 2.48. The lowest BCUT2D eigenvalue weighted by atomic mass is 10.2. The molecule has 0 atom stereocenters. The van der Waals surface area contributed by atoms with Gasteiger partial charge in [-0.3, -0.25) is 0 Å². The topological polar surface area (TPSA) is 60.2 Å². The van der Waals surface area contributed by atoms with Crippen LogP contribution < -0.4 is 10.1 Å². The number of halogens is 3. The fourth-order valence-electron chi connectivity index (χ4n) is 1.48. The van der Waals surface area contributed by atoms with Crippen LogP contribution in [0.25, 0.3) is 0 Å². The SMILES string of the molecule is FC(F)Oc1ccc(Cl)cc1CNCc1ncon1. The molecular weight excluding hydrogens is 280 g/mol. The second kappa shape index (κ2) is 6.44.